The molecule has 18 heavy (non-hydrogen) atoms. The van der Waals surface area contributed by atoms with Crippen molar-refractivity contribution >= 4 is 11.6 Å². The summed E-state index contributed by atoms with van der Waals surface area (Å²) in [7, 11) is 0. The number of nitrogens with zero attached hydrogens (tertiary/aromatic N) is 1. The molecule has 0 saturated heterocycles. The molecule has 0 aromatic heterocycles. The van der Waals surface area contributed by atoms with Crippen LogP contribution >= 0.6 is 0 Å². The van der Waals surface area contributed by atoms with E-state index in [0.717, 1.165) is 0 Å². The normalized spacial score (nSPS) is 9.56. The molecule has 0 saturated carbocycles. The lowest BCUT2D eigenvalue weighted by atomic mass is 10.3. The molecule has 0 atom stereocenters. The fraction of sp³-hybridized carbons (Fsp3) is 0.357. The summed E-state index contributed by atoms with van der Waals surface area (Å²) in [6.07, 6.45) is 5.49. The Hall–Kier alpha value is -2.15. The molecule has 4 heteroatoms. The summed E-state index contributed by atoms with van der Waals surface area (Å²) < 4.78 is 5.46. The van der Waals surface area contributed by atoms with Gasteiger partial charge >= 0.3 is 0 Å². The number of nitrogens with two attached hydrogens (primary N) is 1. The first-order valence-corrected chi connectivity index (χ1v) is 5.87. The summed E-state index contributed by atoms with van der Waals surface area (Å²) in [5.74, 6) is 3.05. The van der Waals surface area contributed by atoms with Gasteiger partial charge in [0.2, 0.25) is 5.91 Å². The quantitative estimate of drug-likeness (QED) is 0.611. The first-order chi connectivity index (χ1) is 8.69. The fourth-order valence-corrected chi connectivity index (χ4v) is 1.50. The minimum absolute atomic E-state index is 0.00930. The molecule has 0 aliphatic heterocycles. The number of rotatable bonds is 6. The van der Waals surface area contributed by atoms with Crippen LogP contribution in [-0.2, 0) is 4.79 Å². The van der Waals surface area contributed by atoms with Gasteiger partial charge in [0.05, 0.1) is 25.3 Å². The van der Waals surface area contributed by atoms with Crippen molar-refractivity contribution in [1.29, 1.82) is 0 Å². The topological polar surface area (TPSA) is 55.6 Å². The Labute approximate surface area is 108 Å². The van der Waals surface area contributed by atoms with Gasteiger partial charge in [0.25, 0.3) is 0 Å². The number of terminal acetylenes is 1. The van der Waals surface area contributed by atoms with E-state index in [2.05, 4.69) is 5.92 Å². The summed E-state index contributed by atoms with van der Waals surface area (Å²) >= 11 is 0. The Morgan fingerprint density at radius 1 is 1.50 bits per heavy atom. The van der Waals surface area contributed by atoms with E-state index in [1.807, 2.05) is 19.1 Å². The number of amides is 1. The van der Waals surface area contributed by atoms with Crippen LogP contribution in [0.25, 0.3) is 0 Å². The first kappa shape index (κ1) is 13.9. The molecule has 96 valence electrons. The van der Waals surface area contributed by atoms with Crippen LogP contribution in [0.1, 0.15) is 13.3 Å². The minimum Gasteiger partial charge on any atom is -0.491 e. The van der Waals surface area contributed by atoms with Crippen LogP contribution in [0.15, 0.2) is 24.3 Å². The van der Waals surface area contributed by atoms with Crippen molar-refractivity contribution in [2.24, 2.45) is 0 Å². The maximum absolute atomic E-state index is 11.8. The van der Waals surface area contributed by atoms with E-state index in [4.69, 9.17) is 16.9 Å². The van der Waals surface area contributed by atoms with Crippen LogP contribution in [-0.4, -0.2) is 30.5 Å². The number of hydrogen-bond acceptors (Lipinski definition) is 3. The van der Waals surface area contributed by atoms with Crippen LogP contribution in [0, 0.1) is 12.3 Å². The Kier molecular flexibility index (Phi) is 5.59. The zero-order chi connectivity index (χ0) is 13.4. The Morgan fingerprint density at radius 3 is 2.83 bits per heavy atom. The second kappa shape index (κ2) is 7.23. The molecule has 1 rings (SSSR count). The van der Waals surface area contributed by atoms with Crippen LogP contribution in [0.5, 0.6) is 5.75 Å². The second-order valence-electron chi connectivity index (χ2n) is 3.75. The second-order valence-corrected chi connectivity index (χ2v) is 3.75. The van der Waals surface area contributed by atoms with Gasteiger partial charge in [-0.15, -0.1) is 6.42 Å². The Morgan fingerprint density at radius 2 is 2.22 bits per heavy atom. The Bertz CT molecular complexity index is 438. The van der Waals surface area contributed by atoms with Crippen LogP contribution in [0.2, 0.25) is 0 Å². The zero-order valence-electron chi connectivity index (χ0n) is 10.6. The number of hydrogen-bond donors (Lipinski definition) is 1. The molecule has 0 fully saturated rings. The smallest absolute Gasteiger partial charge is 0.226 e. The summed E-state index contributed by atoms with van der Waals surface area (Å²) in [5.41, 5.74) is 6.29. The number of carbonyl (C=O) groups excluding carboxylic acids is 1. The maximum atomic E-state index is 11.8. The lowest BCUT2D eigenvalue weighted by molar-refractivity contribution is -0.130. The van der Waals surface area contributed by atoms with Crippen molar-refractivity contribution in [3.63, 3.8) is 0 Å². The molecule has 0 unspecified atom stereocenters. The van der Waals surface area contributed by atoms with Crippen molar-refractivity contribution in [1.82, 2.24) is 4.90 Å². The number of ether oxygens (including phenoxy) is 1. The third-order valence-corrected chi connectivity index (χ3v) is 2.51. The van der Waals surface area contributed by atoms with Gasteiger partial charge in [-0.2, -0.15) is 0 Å². The molecular formula is C14H18N2O2. The predicted octanol–water partition coefficient (Wildman–Crippen LogP) is 1.52. The van der Waals surface area contributed by atoms with Gasteiger partial charge in [0.1, 0.15) is 5.75 Å². The third-order valence-electron chi connectivity index (χ3n) is 2.51. The monoisotopic (exact) mass is 246 g/mol. The van der Waals surface area contributed by atoms with Crippen LogP contribution in [0.4, 0.5) is 5.69 Å². The number of anilines is 1. The van der Waals surface area contributed by atoms with E-state index < -0.39 is 0 Å². The lowest BCUT2D eigenvalue weighted by Crippen LogP contribution is -2.32. The van der Waals surface area contributed by atoms with E-state index >= 15 is 0 Å². The van der Waals surface area contributed by atoms with Crippen molar-refractivity contribution < 1.29 is 9.53 Å². The molecule has 1 aromatic carbocycles. The summed E-state index contributed by atoms with van der Waals surface area (Å²) in [6.45, 7) is 3.14. The third kappa shape index (κ3) is 4.02. The highest BCUT2D eigenvalue weighted by Crippen LogP contribution is 2.19. The Balaban J connectivity index is 2.40. The molecule has 0 bridgehead atoms. The van der Waals surface area contributed by atoms with Gasteiger partial charge in [0, 0.05) is 6.54 Å². The minimum atomic E-state index is -0.00930. The lowest BCUT2D eigenvalue weighted by Gasteiger charge is -2.18. The van der Waals surface area contributed by atoms with Crippen LogP contribution in [0.3, 0.4) is 0 Å². The number of nitrogen functional groups attached to an aromatic ring is 1. The highest BCUT2D eigenvalue weighted by Gasteiger charge is 2.10. The number of para-hydroxylation sites is 2. The zero-order valence-corrected chi connectivity index (χ0v) is 10.6. The molecule has 0 spiro atoms. The maximum Gasteiger partial charge on any atom is 0.226 e. The predicted molar refractivity (Wildman–Crippen MR) is 72.1 cm³/mol. The average molecular weight is 246 g/mol. The van der Waals surface area contributed by atoms with E-state index in [1.165, 1.54) is 0 Å². The van der Waals surface area contributed by atoms with E-state index in [0.29, 0.717) is 37.6 Å². The van der Waals surface area contributed by atoms with Gasteiger partial charge < -0.3 is 15.4 Å². The summed E-state index contributed by atoms with van der Waals surface area (Å²) in [4.78, 5) is 13.4. The van der Waals surface area contributed by atoms with E-state index in [-0.39, 0.29) is 5.91 Å². The number of benzene rings is 1. The van der Waals surface area contributed by atoms with Crippen molar-refractivity contribution in [3.05, 3.63) is 24.3 Å². The average Bonchev–Trinajstić information content (AvgIpc) is 2.38. The van der Waals surface area contributed by atoms with Gasteiger partial charge in [0.15, 0.2) is 0 Å². The van der Waals surface area contributed by atoms with Crippen molar-refractivity contribution in [3.8, 4) is 18.1 Å². The molecule has 0 radical (unpaired) electrons. The molecule has 4 nitrogen and oxygen atoms in total. The SMILES string of the molecule is C#CCN(CC)C(=O)CCOc1ccccc1N. The summed E-state index contributed by atoms with van der Waals surface area (Å²) in [6, 6.07) is 7.20. The van der Waals surface area contributed by atoms with Gasteiger partial charge in [-0.25, -0.2) is 0 Å². The summed E-state index contributed by atoms with van der Waals surface area (Å²) in [5, 5.41) is 0. The molecule has 0 aliphatic carbocycles. The van der Waals surface area contributed by atoms with Crippen molar-refractivity contribution in [2.75, 3.05) is 25.4 Å². The molecule has 1 aromatic rings. The molecule has 0 aliphatic rings. The molecule has 2 N–H and O–H groups in total. The van der Waals surface area contributed by atoms with Gasteiger partial charge in [-0.1, -0.05) is 18.1 Å². The molecular weight excluding hydrogens is 228 g/mol. The highest BCUT2D eigenvalue weighted by molar-refractivity contribution is 5.76. The molecule has 0 heterocycles. The largest absolute Gasteiger partial charge is 0.491 e. The van der Waals surface area contributed by atoms with Gasteiger partial charge in [-0.3, -0.25) is 4.79 Å². The first-order valence-electron chi connectivity index (χ1n) is 5.87. The molecule has 1 amide bonds. The van der Waals surface area contributed by atoms with E-state index in [9.17, 15) is 4.79 Å². The van der Waals surface area contributed by atoms with Crippen molar-refractivity contribution in [2.45, 2.75) is 13.3 Å². The highest BCUT2D eigenvalue weighted by atomic mass is 16.5. The fourth-order valence-electron chi connectivity index (χ4n) is 1.50. The van der Waals surface area contributed by atoms with Gasteiger partial charge in [-0.05, 0) is 19.1 Å². The van der Waals surface area contributed by atoms with Crippen LogP contribution < -0.4 is 10.5 Å². The number of carbonyl (C=O) groups is 1. The standard InChI is InChI=1S/C14H18N2O2/c1-3-10-16(4-2)14(17)9-11-18-13-8-6-5-7-12(13)15/h1,5-8H,4,9-11,15H2,2H3. The van der Waals surface area contributed by atoms with E-state index in [1.54, 1.807) is 17.0 Å².